The van der Waals surface area contributed by atoms with Crippen LogP contribution < -0.4 is 0 Å². The van der Waals surface area contributed by atoms with Crippen molar-refractivity contribution in [3.05, 3.63) is 71.8 Å². The number of ether oxygens (including phenoxy) is 1. The largest absolute Gasteiger partial charge is 0.441 e. The average molecular weight is 310 g/mol. The molecule has 0 saturated heterocycles. The second-order valence-electron chi connectivity index (χ2n) is 5.52. The highest BCUT2D eigenvalue weighted by atomic mass is 16.6. The molecule has 0 aliphatic carbocycles. The molecule has 23 heavy (non-hydrogen) atoms. The van der Waals surface area contributed by atoms with E-state index in [1.807, 2.05) is 36.4 Å². The number of hydrogen-bond acceptors (Lipinski definition) is 3. The van der Waals surface area contributed by atoms with Crippen LogP contribution in [0.5, 0.6) is 0 Å². The van der Waals surface area contributed by atoms with Gasteiger partial charge in [-0.2, -0.15) is 0 Å². The summed E-state index contributed by atoms with van der Waals surface area (Å²) in [5.74, 6) is -0.349. The van der Waals surface area contributed by atoms with Crippen molar-refractivity contribution in [2.45, 2.75) is 38.2 Å². The maximum absolute atomic E-state index is 12.3. The summed E-state index contributed by atoms with van der Waals surface area (Å²) in [5, 5.41) is 0. The SMILES string of the molecule is CCCCCC(=O)OC(C=O)(c1ccccc1)c1ccccc1. The van der Waals surface area contributed by atoms with Gasteiger partial charge in [-0.15, -0.1) is 0 Å². The minimum absolute atomic E-state index is 0.323. The van der Waals surface area contributed by atoms with Gasteiger partial charge in [0.05, 0.1) is 0 Å². The Labute approximate surface area is 137 Å². The molecule has 0 N–H and O–H groups in total. The maximum atomic E-state index is 12.3. The van der Waals surface area contributed by atoms with Crippen molar-refractivity contribution in [1.82, 2.24) is 0 Å². The van der Waals surface area contributed by atoms with Crippen LogP contribution in [0.3, 0.4) is 0 Å². The van der Waals surface area contributed by atoms with Gasteiger partial charge in [0, 0.05) is 17.5 Å². The van der Waals surface area contributed by atoms with E-state index in [0.29, 0.717) is 17.5 Å². The van der Waals surface area contributed by atoms with E-state index in [0.717, 1.165) is 25.5 Å². The highest BCUT2D eigenvalue weighted by Crippen LogP contribution is 2.32. The summed E-state index contributed by atoms with van der Waals surface area (Å²) < 4.78 is 5.70. The van der Waals surface area contributed by atoms with E-state index in [-0.39, 0.29) is 5.97 Å². The highest BCUT2D eigenvalue weighted by molar-refractivity contribution is 5.79. The molecule has 0 heterocycles. The lowest BCUT2D eigenvalue weighted by molar-refractivity contribution is -0.160. The predicted octanol–water partition coefficient (Wildman–Crippen LogP) is 4.25. The molecule has 3 heteroatoms. The lowest BCUT2D eigenvalue weighted by atomic mass is 9.87. The molecule has 0 radical (unpaired) electrons. The zero-order chi connectivity index (χ0) is 16.5. The van der Waals surface area contributed by atoms with Crippen LogP contribution >= 0.6 is 0 Å². The van der Waals surface area contributed by atoms with Gasteiger partial charge in [0.2, 0.25) is 5.60 Å². The Morgan fingerprint density at radius 2 is 1.48 bits per heavy atom. The van der Waals surface area contributed by atoms with Crippen LogP contribution in [-0.4, -0.2) is 12.3 Å². The Balaban J connectivity index is 2.35. The van der Waals surface area contributed by atoms with Crippen LogP contribution in [0.25, 0.3) is 0 Å². The zero-order valence-corrected chi connectivity index (χ0v) is 13.4. The van der Waals surface area contributed by atoms with Crippen molar-refractivity contribution >= 4 is 12.3 Å². The molecule has 0 aliphatic heterocycles. The van der Waals surface area contributed by atoms with Gasteiger partial charge in [0.15, 0.2) is 6.29 Å². The van der Waals surface area contributed by atoms with E-state index in [4.69, 9.17) is 4.74 Å². The molecule has 0 atom stereocenters. The fraction of sp³-hybridized carbons (Fsp3) is 0.300. The number of rotatable bonds is 8. The zero-order valence-electron chi connectivity index (χ0n) is 13.4. The third-order valence-corrected chi connectivity index (χ3v) is 3.83. The molecule has 120 valence electrons. The van der Waals surface area contributed by atoms with E-state index in [9.17, 15) is 9.59 Å². The first kappa shape index (κ1) is 16.9. The lowest BCUT2D eigenvalue weighted by Gasteiger charge is -2.29. The van der Waals surface area contributed by atoms with Gasteiger partial charge < -0.3 is 4.74 Å². The van der Waals surface area contributed by atoms with E-state index in [1.165, 1.54) is 0 Å². The molecule has 2 rings (SSSR count). The fourth-order valence-corrected chi connectivity index (χ4v) is 2.57. The number of esters is 1. The van der Waals surface area contributed by atoms with E-state index < -0.39 is 5.60 Å². The fourth-order valence-electron chi connectivity index (χ4n) is 2.57. The second-order valence-corrected chi connectivity index (χ2v) is 5.52. The minimum Gasteiger partial charge on any atom is -0.441 e. The van der Waals surface area contributed by atoms with Crippen molar-refractivity contribution in [1.29, 1.82) is 0 Å². The normalized spacial score (nSPS) is 11.0. The van der Waals surface area contributed by atoms with Gasteiger partial charge in [0.25, 0.3) is 0 Å². The molecule has 0 fully saturated rings. The molecule has 0 aromatic heterocycles. The molecule has 3 nitrogen and oxygen atoms in total. The summed E-state index contributed by atoms with van der Waals surface area (Å²) in [4.78, 5) is 24.3. The van der Waals surface area contributed by atoms with E-state index in [1.54, 1.807) is 24.3 Å². The first-order valence-corrected chi connectivity index (χ1v) is 8.02. The van der Waals surface area contributed by atoms with Crippen molar-refractivity contribution in [3.8, 4) is 0 Å². The molecule has 0 unspecified atom stereocenters. The Morgan fingerprint density at radius 3 is 1.91 bits per heavy atom. The first-order valence-electron chi connectivity index (χ1n) is 8.02. The Bertz CT molecular complexity index is 580. The Morgan fingerprint density at radius 1 is 0.957 bits per heavy atom. The summed E-state index contributed by atoms with van der Waals surface area (Å²) in [7, 11) is 0. The molecule has 2 aromatic rings. The molecule has 0 spiro atoms. The van der Waals surface area contributed by atoms with Crippen LogP contribution in [0.1, 0.15) is 43.7 Å². The maximum Gasteiger partial charge on any atom is 0.307 e. The number of hydrogen-bond donors (Lipinski definition) is 0. The summed E-state index contributed by atoms with van der Waals surface area (Å²) in [6, 6.07) is 18.3. The third kappa shape index (κ3) is 4.07. The summed E-state index contributed by atoms with van der Waals surface area (Å²) in [5.41, 5.74) is -0.0682. The molecule has 0 bridgehead atoms. The Kier molecular flexibility index (Phi) is 6.10. The standard InChI is InChI=1S/C20H22O3/c1-2-3-6-15-19(22)23-20(16-21,17-11-7-4-8-12-17)18-13-9-5-10-14-18/h4-5,7-14,16H,2-3,6,15H2,1H3. The van der Waals surface area contributed by atoms with Gasteiger partial charge in [-0.1, -0.05) is 80.4 Å². The number of aldehydes is 1. The minimum atomic E-state index is -1.38. The summed E-state index contributed by atoms with van der Waals surface area (Å²) >= 11 is 0. The molecule has 0 amide bonds. The number of carbonyl (C=O) groups is 2. The average Bonchev–Trinajstić information content (AvgIpc) is 2.61. The van der Waals surface area contributed by atoms with Crippen LogP contribution in [0.4, 0.5) is 0 Å². The molecular weight excluding hydrogens is 288 g/mol. The first-order chi connectivity index (χ1) is 11.2. The summed E-state index contributed by atoms with van der Waals surface area (Å²) in [6.45, 7) is 2.08. The monoisotopic (exact) mass is 310 g/mol. The molecule has 0 saturated carbocycles. The van der Waals surface area contributed by atoms with Gasteiger partial charge in [-0.25, -0.2) is 0 Å². The Hall–Kier alpha value is -2.42. The van der Waals surface area contributed by atoms with Crippen LogP contribution in [0.15, 0.2) is 60.7 Å². The van der Waals surface area contributed by atoms with Gasteiger partial charge in [-0.3, -0.25) is 9.59 Å². The van der Waals surface area contributed by atoms with Crippen molar-refractivity contribution < 1.29 is 14.3 Å². The van der Waals surface area contributed by atoms with Crippen LogP contribution in [-0.2, 0) is 19.9 Å². The van der Waals surface area contributed by atoms with Crippen molar-refractivity contribution in [2.24, 2.45) is 0 Å². The van der Waals surface area contributed by atoms with Crippen LogP contribution in [0.2, 0.25) is 0 Å². The smallest absolute Gasteiger partial charge is 0.307 e. The number of carbonyl (C=O) groups excluding carboxylic acids is 2. The number of unbranched alkanes of at least 4 members (excludes halogenated alkanes) is 2. The van der Waals surface area contributed by atoms with Crippen molar-refractivity contribution in [3.63, 3.8) is 0 Å². The second kappa shape index (κ2) is 8.28. The van der Waals surface area contributed by atoms with Gasteiger partial charge in [0.1, 0.15) is 0 Å². The molecule has 0 aliphatic rings. The van der Waals surface area contributed by atoms with Gasteiger partial charge in [-0.05, 0) is 6.42 Å². The van der Waals surface area contributed by atoms with E-state index >= 15 is 0 Å². The van der Waals surface area contributed by atoms with Gasteiger partial charge >= 0.3 is 5.97 Å². The lowest BCUT2D eigenvalue weighted by Crippen LogP contribution is -2.35. The van der Waals surface area contributed by atoms with E-state index in [2.05, 4.69) is 6.92 Å². The topological polar surface area (TPSA) is 43.4 Å². The number of benzene rings is 2. The predicted molar refractivity (Wildman–Crippen MR) is 90.0 cm³/mol. The molecular formula is C20H22O3. The van der Waals surface area contributed by atoms with Crippen molar-refractivity contribution in [2.75, 3.05) is 0 Å². The quantitative estimate of drug-likeness (QED) is 0.416. The van der Waals surface area contributed by atoms with Crippen LogP contribution in [0, 0.1) is 0 Å². The highest BCUT2D eigenvalue weighted by Gasteiger charge is 2.38. The summed E-state index contributed by atoms with van der Waals surface area (Å²) in [6.07, 6.45) is 3.82. The molecule has 2 aromatic carbocycles. The third-order valence-electron chi connectivity index (χ3n) is 3.83.